The molecule has 0 heterocycles. The lowest BCUT2D eigenvalue weighted by atomic mass is 10.00. The van der Waals surface area contributed by atoms with Crippen molar-refractivity contribution in [1.82, 2.24) is 0 Å². The molecular formula is C13H20N2O3. The van der Waals surface area contributed by atoms with E-state index in [1.54, 1.807) is 32.0 Å². The fourth-order valence-electron chi connectivity index (χ4n) is 1.34. The fourth-order valence-corrected chi connectivity index (χ4v) is 1.34. The summed E-state index contributed by atoms with van der Waals surface area (Å²) in [6, 6.07) is 4.63. The van der Waals surface area contributed by atoms with Gasteiger partial charge in [0.2, 0.25) is 0 Å². The Labute approximate surface area is 107 Å². The van der Waals surface area contributed by atoms with Crippen molar-refractivity contribution < 1.29 is 14.6 Å². The zero-order chi connectivity index (χ0) is 13.9. The molecule has 0 saturated heterocycles. The van der Waals surface area contributed by atoms with E-state index in [4.69, 9.17) is 5.73 Å². The van der Waals surface area contributed by atoms with E-state index < -0.39 is 11.6 Å². The van der Waals surface area contributed by atoms with Gasteiger partial charge in [-0.15, -0.1) is 0 Å². The van der Waals surface area contributed by atoms with Gasteiger partial charge in [0.15, 0.2) is 0 Å². The summed E-state index contributed by atoms with van der Waals surface area (Å²) in [6.45, 7) is 5.24. The highest BCUT2D eigenvalue weighted by Gasteiger charge is 2.22. The molecule has 100 valence electrons. The topological polar surface area (TPSA) is 84.6 Å². The molecule has 1 aromatic rings. The van der Waals surface area contributed by atoms with E-state index in [1.807, 2.05) is 6.92 Å². The van der Waals surface area contributed by atoms with Gasteiger partial charge in [0.25, 0.3) is 0 Å². The molecule has 0 amide bonds. The van der Waals surface area contributed by atoms with Gasteiger partial charge in [0.1, 0.15) is 0 Å². The molecule has 1 aromatic carbocycles. The number of ether oxygens (including phenoxy) is 1. The number of rotatable bonds is 4. The summed E-state index contributed by atoms with van der Waals surface area (Å²) in [5.74, 6) is -0.422. The first-order chi connectivity index (χ1) is 8.25. The maximum absolute atomic E-state index is 11.4. The summed E-state index contributed by atoms with van der Waals surface area (Å²) >= 11 is 0. The Morgan fingerprint density at radius 1 is 1.50 bits per heavy atom. The molecule has 0 aliphatic heterocycles. The van der Waals surface area contributed by atoms with Crippen LogP contribution < -0.4 is 11.1 Å². The van der Waals surface area contributed by atoms with Crippen LogP contribution in [0.1, 0.15) is 31.1 Å². The molecule has 1 atom stereocenters. The number of aliphatic hydroxyl groups is 1. The Morgan fingerprint density at radius 3 is 2.61 bits per heavy atom. The number of hydrogen-bond donors (Lipinski definition) is 3. The van der Waals surface area contributed by atoms with Crippen molar-refractivity contribution in [3.63, 3.8) is 0 Å². The van der Waals surface area contributed by atoms with E-state index in [9.17, 15) is 9.90 Å². The van der Waals surface area contributed by atoms with Crippen LogP contribution in [0.25, 0.3) is 0 Å². The molecule has 4 N–H and O–H groups in total. The lowest BCUT2D eigenvalue weighted by Gasteiger charge is -2.28. The fraction of sp³-hybridized carbons (Fsp3) is 0.462. The molecule has 0 aliphatic rings. The van der Waals surface area contributed by atoms with Crippen LogP contribution in [0.3, 0.4) is 0 Å². The number of methoxy groups -OCH3 is 1. The summed E-state index contributed by atoms with van der Waals surface area (Å²) in [5, 5.41) is 13.0. The zero-order valence-electron chi connectivity index (χ0n) is 11.2. The molecule has 0 spiro atoms. The highest BCUT2D eigenvalue weighted by atomic mass is 16.5. The van der Waals surface area contributed by atoms with Crippen LogP contribution in [0.5, 0.6) is 0 Å². The lowest BCUT2D eigenvalue weighted by molar-refractivity contribution is 0.0600. The molecule has 0 bridgehead atoms. The highest BCUT2D eigenvalue weighted by molar-refractivity contribution is 5.92. The third-order valence-electron chi connectivity index (χ3n) is 2.91. The van der Waals surface area contributed by atoms with Gasteiger partial charge < -0.3 is 20.9 Å². The molecule has 0 fully saturated rings. The Hall–Kier alpha value is -1.75. The first kappa shape index (κ1) is 14.3. The first-order valence-electron chi connectivity index (χ1n) is 5.72. The van der Waals surface area contributed by atoms with Crippen LogP contribution in [0.4, 0.5) is 11.4 Å². The highest BCUT2D eigenvalue weighted by Crippen LogP contribution is 2.23. The predicted molar refractivity (Wildman–Crippen MR) is 71.6 cm³/mol. The van der Waals surface area contributed by atoms with Crippen LogP contribution in [0.15, 0.2) is 18.2 Å². The second-order valence-corrected chi connectivity index (χ2v) is 4.81. The van der Waals surface area contributed by atoms with Crippen LogP contribution in [-0.4, -0.2) is 29.8 Å². The molecule has 0 radical (unpaired) electrons. The third-order valence-corrected chi connectivity index (χ3v) is 2.91. The van der Waals surface area contributed by atoms with Crippen molar-refractivity contribution in [2.45, 2.75) is 32.4 Å². The van der Waals surface area contributed by atoms with Crippen molar-refractivity contribution >= 4 is 17.3 Å². The van der Waals surface area contributed by atoms with Crippen molar-refractivity contribution in [2.75, 3.05) is 18.2 Å². The van der Waals surface area contributed by atoms with Gasteiger partial charge in [0, 0.05) is 0 Å². The van der Waals surface area contributed by atoms with E-state index in [1.165, 1.54) is 7.11 Å². The summed E-state index contributed by atoms with van der Waals surface area (Å²) in [6.07, 6.45) is 0. The molecule has 5 heteroatoms. The number of hydrogen-bond acceptors (Lipinski definition) is 5. The molecular weight excluding hydrogens is 232 g/mol. The molecule has 1 rings (SSSR count). The number of carbonyl (C=O) groups is 1. The van der Waals surface area contributed by atoms with E-state index in [-0.39, 0.29) is 6.04 Å². The van der Waals surface area contributed by atoms with Crippen LogP contribution in [0.2, 0.25) is 0 Å². The Morgan fingerprint density at radius 2 is 2.11 bits per heavy atom. The maximum Gasteiger partial charge on any atom is 0.337 e. The second kappa shape index (κ2) is 5.27. The average molecular weight is 252 g/mol. The van der Waals surface area contributed by atoms with Crippen LogP contribution in [0, 0.1) is 0 Å². The largest absolute Gasteiger partial charge is 0.465 e. The Kier molecular flexibility index (Phi) is 4.19. The number of benzene rings is 1. The van der Waals surface area contributed by atoms with Crippen molar-refractivity contribution in [3.05, 3.63) is 23.8 Å². The number of esters is 1. The van der Waals surface area contributed by atoms with E-state index >= 15 is 0 Å². The lowest BCUT2D eigenvalue weighted by Crippen LogP contribution is -2.39. The minimum Gasteiger partial charge on any atom is -0.465 e. The molecule has 5 nitrogen and oxygen atoms in total. The van der Waals surface area contributed by atoms with Gasteiger partial charge in [-0.2, -0.15) is 0 Å². The van der Waals surface area contributed by atoms with E-state index in [2.05, 4.69) is 10.1 Å². The van der Waals surface area contributed by atoms with Crippen LogP contribution >= 0.6 is 0 Å². The Balaban J connectivity index is 2.98. The standard InChI is InChI=1S/C13H20N2O3/c1-8(13(2,3)17)15-11-7-9(12(16)18-4)5-6-10(11)14/h5-8,15,17H,14H2,1-4H3. The molecule has 1 unspecified atom stereocenters. The third kappa shape index (κ3) is 3.37. The van der Waals surface area contributed by atoms with Gasteiger partial charge >= 0.3 is 5.97 Å². The van der Waals surface area contributed by atoms with Crippen molar-refractivity contribution in [2.24, 2.45) is 0 Å². The zero-order valence-corrected chi connectivity index (χ0v) is 11.2. The van der Waals surface area contributed by atoms with Gasteiger partial charge in [-0.3, -0.25) is 0 Å². The van der Waals surface area contributed by atoms with Gasteiger partial charge in [0.05, 0.1) is 35.7 Å². The number of nitrogens with two attached hydrogens (primary N) is 1. The van der Waals surface area contributed by atoms with E-state index in [0.717, 1.165) is 0 Å². The molecule has 0 saturated carbocycles. The van der Waals surface area contributed by atoms with Crippen molar-refractivity contribution in [1.29, 1.82) is 0 Å². The average Bonchev–Trinajstić information content (AvgIpc) is 2.29. The van der Waals surface area contributed by atoms with E-state index in [0.29, 0.717) is 16.9 Å². The summed E-state index contributed by atoms with van der Waals surface area (Å²) in [7, 11) is 1.32. The summed E-state index contributed by atoms with van der Waals surface area (Å²) in [4.78, 5) is 11.4. The first-order valence-corrected chi connectivity index (χ1v) is 5.72. The quantitative estimate of drug-likeness (QED) is 0.560. The maximum atomic E-state index is 11.4. The van der Waals surface area contributed by atoms with Gasteiger partial charge in [-0.1, -0.05) is 0 Å². The number of nitrogens with one attached hydrogen (secondary N) is 1. The second-order valence-electron chi connectivity index (χ2n) is 4.81. The molecule has 18 heavy (non-hydrogen) atoms. The normalized spacial score (nSPS) is 12.9. The van der Waals surface area contributed by atoms with Crippen molar-refractivity contribution in [3.8, 4) is 0 Å². The number of anilines is 2. The van der Waals surface area contributed by atoms with Gasteiger partial charge in [-0.05, 0) is 39.0 Å². The summed E-state index contributed by atoms with van der Waals surface area (Å²) < 4.78 is 4.65. The summed E-state index contributed by atoms with van der Waals surface area (Å²) in [5.41, 5.74) is 6.46. The molecule has 0 aliphatic carbocycles. The minimum absolute atomic E-state index is 0.215. The monoisotopic (exact) mass is 252 g/mol. The number of nitrogen functional groups attached to an aromatic ring is 1. The van der Waals surface area contributed by atoms with Crippen LogP contribution in [-0.2, 0) is 4.74 Å². The smallest absolute Gasteiger partial charge is 0.337 e. The number of carbonyl (C=O) groups excluding carboxylic acids is 1. The SMILES string of the molecule is COC(=O)c1ccc(N)c(NC(C)C(C)(C)O)c1. The molecule has 0 aromatic heterocycles. The predicted octanol–water partition coefficient (Wildman–Crippen LogP) is 1.63. The Bertz CT molecular complexity index is 438. The minimum atomic E-state index is -0.895. The van der Waals surface area contributed by atoms with Gasteiger partial charge in [-0.25, -0.2) is 4.79 Å².